The molecular weight excluding hydrogens is 468 g/mol. The van der Waals surface area contributed by atoms with Gasteiger partial charge in [0.25, 0.3) is 5.56 Å². The van der Waals surface area contributed by atoms with Gasteiger partial charge in [-0.3, -0.25) is 14.2 Å². The Kier molecular flexibility index (Phi) is 6.39. The van der Waals surface area contributed by atoms with Crippen LogP contribution in [-0.4, -0.2) is 28.5 Å². The number of rotatable bonds is 5. The van der Waals surface area contributed by atoms with E-state index in [2.05, 4.69) is 22.3 Å². The fraction of sp³-hybridized carbons (Fsp3) is 0.269. The predicted molar refractivity (Wildman–Crippen MR) is 139 cm³/mol. The Balaban J connectivity index is 1.44. The molecule has 2 aromatic heterocycles. The van der Waals surface area contributed by atoms with E-state index in [0.29, 0.717) is 34.3 Å². The highest BCUT2D eigenvalue weighted by Gasteiger charge is 2.29. The largest absolute Gasteiger partial charge is 0.341 e. The highest BCUT2D eigenvalue weighted by atomic mass is 35.5. The van der Waals surface area contributed by atoms with Crippen LogP contribution in [0.3, 0.4) is 0 Å². The van der Waals surface area contributed by atoms with Crippen molar-refractivity contribution in [1.82, 2.24) is 9.55 Å². The van der Waals surface area contributed by atoms with Gasteiger partial charge in [0.05, 0.1) is 18.0 Å². The van der Waals surface area contributed by atoms with Gasteiger partial charge in [0, 0.05) is 23.8 Å². The second-order valence-corrected chi connectivity index (χ2v) is 10.1. The molecule has 1 aliphatic heterocycles. The maximum Gasteiger partial charge on any atom is 0.273 e. The Morgan fingerprint density at radius 2 is 1.91 bits per heavy atom. The first kappa shape index (κ1) is 22.6. The van der Waals surface area contributed by atoms with E-state index >= 15 is 0 Å². The van der Waals surface area contributed by atoms with Gasteiger partial charge in [0.1, 0.15) is 4.70 Å². The van der Waals surface area contributed by atoms with Crippen LogP contribution in [0.15, 0.2) is 64.8 Å². The van der Waals surface area contributed by atoms with Crippen molar-refractivity contribution in [1.29, 1.82) is 0 Å². The Morgan fingerprint density at radius 3 is 2.68 bits per heavy atom. The van der Waals surface area contributed by atoms with E-state index in [9.17, 15) is 9.59 Å². The van der Waals surface area contributed by atoms with Crippen molar-refractivity contribution in [2.75, 3.05) is 23.3 Å². The second kappa shape index (κ2) is 9.60. The number of carbonyl (C=O) groups is 1. The molecule has 5 rings (SSSR count). The van der Waals surface area contributed by atoms with Crippen molar-refractivity contribution < 1.29 is 4.79 Å². The molecule has 0 unspecified atom stereocenters. The van der Waals surface area contributed by atoms with Crippen LogP contribution >= 0.6 is 22.9 Å². The Hall–Kier alpha value is -3.16. The van der Waals surface area contributed by atoms with Crippen LogP contribution in [0.1, 0.15) is 24.0 Å². The van der Waals surface area contributed by atoms with Gasteiger partial charge in [-0.2, -0.15) is 0 Å². The molecule has 1 amide bonds. The molecule has 0 aliphatic carbocycles. The summed E-state index contributed by atoms with van der Waals surface area (Å²) in [6, 6.07) is 17.2. The van der Waals surface area contributed by atoms with Crippen LogP contribution < -0.4 is 15.8 Å². The van der Waals surface area contributed by atoms with Crippen LogP contribution in [0.2, 0.25) is 5.02 Å². The number of carbonyl (C=O) groups excluding carboxylic acids is 1. The van der Waals surface area contributed by atoms with E-state index in [4.69, 9.17) is 16.6 Å². The molecule has 8 heteroatoms. The number of benzene rings is 2. The van der Waals surface area contributed by atoms with Gasteiger partial charge in [-0.05, 0) is 61.0 Å². The van der Waals surface area contributed by atoms with Crippen molar-refractivity contribution in [2.45, 2.75) is 26.3 Å². The lowest BCUT2D eigenvalue weighted by Crippen LogP contribution is -2.43. The van der Waals surface area contributed by atoms with Gasteiger partial charge < -0.3 is 10.2 Å². The second-order valence-electron chi connectivity index (χ2n) is 8.70. The molecule has 1 aliphatic rings. The fourth-order valence-corrected chi connectivity index (χ4v) is 5.25. The summed E-state index contributed by atoms with van der Waals surface area (Å²) in [5, 5.41) is 5.52. The number of thiophene rings is 1. The monoisotopic (exact) mass is 492 g/mol. The third kappa shape index (κ3) is 4.72. The van der Waals surface area contributed by atoms with Crippen molar-refractivity contribution in [3.8, 4) is 0 Å². The number of amides is 1. The lowest BCUT2D eigenvalue weighted by Gasteiger charge is -2.34. The minimum absolute atomic E-state index is 0.0314. The van der Waals surface area contributed by atoms with Crippen molar-refractivity contribution in [2.24, 2.45) is 5.92 Å². The van der Waals surface area contributed by atoms with Gasteiger partial charge >= 0.3 is 0 Å². The molecule has 3 heterocycles. The molecule has 0 spiro atoms. The zero-order valence-electron chi connectivity index (χ0n) is 18.8. The molecule has 6 nitrogen and oxygen atoms in total. The van der Waals surface area contributed by atoms with Crippen LogP contribution in [0.25, 0.3) is 10.2 Å². The standard InChI is InChI=1S/C26H25ClN4O2S/c1-17-4-6-18(7-5-17)15-31-25(33)23-22(12-14-34-23)29-26(31)30-13-2-3-19(16-30)24(32)28-21-10-8-20(27)9-11-21/h4-12,14,19H,2-3,13,15-16H2,1H3,(H,28,32)/t19-/m0/s1. The number of aromatic nitrogens is 2. The lowest BCUT2D eigenvalue weighted by molar-refractivity contribution is -0.120. The Bertz CT molecular complexity index is 1380. The quantitative estimate of drug-likeness (QED) is 0.409. The highest BCUT2D eigenvalue weighted by molar-refractivity contribution is 7.17. The van der Waals surface area contributed by atoms with Crippen molar-refractivity contribution >= 4 is 50.7 Å². The summed E-state index contributed by atoms with van der Waals surface area (Å²) < 4.78 is 2.41. The first-order valence-corrected chi connectivity index (χ1v) is 12.6. The van der Waals surface area contributed by atoms with E-state index in [1.807, 2.05) is 30.5 Å². The van der Waals surface area contributed by atoms with E-state index in [1.54, 1.807) is 28.8 Å². The normalized spacial score (nSPS) is 16.1. The summed E-state index contributed by atoms with van der Waals surface area (Å²) in [6.45, 7) is 3.74. The summed E-state index contributed by atoms with van der Waals surface area (Å²) in [5.41, 5.74) is 3.61. The van der Waals surface area contributed by atoms with Crippen LogP contribution in [-0.2, 0) is 11.3 Å². The fourth-order valence-electron chi connectivity index (χ4n) is 4.34. The van der Waals surface area contributed by atoms with E-state index in [1.165, 1.54) is 16.9 Å². The van der Waals surface area contributed by atoms with Gasteiger partial charge in [-0.15, -0.1) is 11.3 Å². The number of hydrogen-bond acceptors (Lipinski definition) is 5. The highest BCUT2D eigenvalue weighted by Crippen LogP contribution is 2.26. The average Bonchev–Trinajstić information content (AvgIpc) is 3.33. The molecule has 1 saturated heterocycles. The average molecular weight is 493 g/mol. The molecule has 174 valence electrons. The molecular formula is C26H25ClN4O2S. The molecule has 34 heavy (non-hydrogen) atoms. The number of hydrogen-bond donors (Lipinski definition) is 1. The molecule has 2 aromatic carbocycles. The summed E-state index contributed by atoms with van der Waals surface area (Å²) in [6.07, 6.45) is 1.64. The maximum atomic E-state index is 13.4. The maximum absolute atomic E-state index is 13.4. The first-order valence-electron chi connectivity index (χ1n) is 11.3. The van der Waals surface area contributed by atoms with Crippen molar-refractivity contribution in [3.63, 3.8) is 0 Å². The number of nitrogens with zero attached hydrogens (tertiary/aromatic N) is 3. The summed E-state index contributed by atoms with van der Waals surface area (Å²) in [5.74, 6) is 0.392. The number of halogens is 1. The zero-order valence-corrected chi connectivity index (χ0v) is 20.4. The van der Waals surface area contributed by atoms with Crippen LogP contribution in [0.5, 0.6) is 0 Å². The van der Waals surface area contributed by atoms with Crippen LogP contribution in [0.4, 0.5) is 11.6 Å². The summed E-state index contributed by atoms with van der Waals surface area (Å²) in [4.78, 5) is 33.4. The number of piperidine rings is 1. The van der Waals surface area contributed by atoms with Gasteiger partial charge in [0.15, 0.2) is 0 Å². The topological polar surface area (TPSA) is 67.2 Å². The Labute approximate surface area is 206 Å². The number of anilines is 2. The SMILES string of the molecule is Cc1ccc(Cn2c(N3CCC[C@H](C(=O)Nc4ccc(Cl)cc4)C3)nc3ccsc3c2=O)cc1. The lowest BCUT2D eigenvalue weighted by atomic mass is 9.97. The van der Waals surface area contributed by atoms with E-state index in [0.717, 1.165) is 30.6 Å². The predicted octanol–water partition coefficient (Wildman–Crippen LogP) is 5.32. The number of aryl methyl sites for hydroxylation is 1. The van der Waals surface area contributed by atoms with E-state index in [-0.39, 0.29) is 17.4 Å². The third-order valence-corrected chi connectivity index (χ3v) is 7.34. The molecule has 1 fully saturated rings. The molecule has 0 bridgehead atoms. The van der Waals surface area contributed by atoms with Crippen molar-refractivity contribution in [3.05, 3.63) is 86.5 Å². The van der Waals surface area contributed by atoms with E-state index < -0.39 is 0 Å². The molecule has 0 saturated carbocycles. The number of nitrogens with one attached hydrogen (secondary N) is 1. The molecule has 4 aromatic rings. The van der Waals surface area contributed by atoms with Crippen LogP contribution in [0, 0.1) is 12.8 Å². The zero-order chi connectivity index (χ0) is 23.7. The minimum atomic E-state index is -0.202. The molecule has 1 atom stereocenters. The van der Waals surface area contributed by atoms with Gasteiger partial charge in [-0.1, -0.05) is 41.4 Å². The minimum Gasteiger partial charge on any atom is -0.341 e. The molecule has 1 N–H and O–H groups in total. The number of fused-ring (bicyclic) bond motifs is 1. The molecule has 0 radical (unpaired) electrons. The van der Waals surface area contributed by atoms with Gasteiger partial charge in [-0.25, -0.2) is 4.98 Å². The Morgan fingerprint density at radius 1 is 1.15 bits per heavy atom. The van der Waals surface area contributed by atoms with Gasteiger partial charge in [0.2, 0.25) is 11.9 Å². The third-order valence-electron chi connectivity index (χ3n) is 6.19. The summed E-state index contributed by atoms with van der Waals surface area (Å²) >= 11 is 7.37. The summed E-state index contributed by atoms with van der Waals surface area (Å²) in [7, 11) is 0. The first-order chi connectivity index (χ1) is 16.5. The smallest absolute Gasteiger partial charge is 0.273 e.